The van der Waals surface area contributed by atoms with E-state index in [0.717, 1.165) is 11.9 Å². The molecule has 0 heterocycles. The molecular weight excluding hydrogens is 215 g/mol. The number of ether oxygens (including phenoxy) is 1. The summed E-state index contributed by atoms with van der Waals surface area (Å²) in [6, 6.07) is 8.07. The van der Waals surface area contributed by atoms with Crippen molar-refractivity contribution in [2.45, 2.75) is 19.8 Å². The maximum absolute atomic E-state index is 6.30. The molecule has 0 amide bonds. The molecule has 3 heteroatoms. The largest absolute Gasteiger partial charge is 0.497 e. The molecular formula is C11H16ClOP. The molecule has 1 nitrogen and oxygen atoms in total. The third kappa shape index (κ3) is 3.48. The number of methoxy groups -OCH3 is 1. The summed E-state index contributed by atoms with van der Waals surface area (Å²) in [5, 5.41) is 1.25. The Morgan fingerprint density at radius 2 is 1.93 bits per heavy atom. The second-order valence-electron chi connectivity index (χ2n) is 3.14. The molecule has 14 heavy (non-hydrogen) atoms. The van der Waals surface area contributed by atoms with Crippen molar-refractivity contribution in [3.05, 3.63) is 24.3 Å². The van der Waals surface area contributed by atoms with Crippen LogP contribution in [0, 0.1) is 0 Å². The van der Waals surface area contributed by atoms with Crippen molar-refractivity contribution in [2.75, 3.05) is 13.3 Å². The molecule has 0 bridgehead atoms. The van der Waals surface area contributed by atoms with Crippen LogP contribution in [0.3, 0.4) is 0 Å². The predicted molar refractivity (Wildman–Crippen MR) is 65.2 cm³/mol. The quantitative estimate of drug-likeness (QED) is 0.700. The highest BCUT2D eigenvalue weighted by atomic mass is 35.7. The third-order valence-corrected chi connectivity index (χ3v) is 4.72. The molecule has 1 atom stereocenters. The van der Waals surface area contributed by atoms with Crippen molar-refractivity contribution in [3.63, 3.8) is 0 Å². The van der Waals surface area contributed by atoms with Crippen molar-refractivity contribution in [1.82, 2.24) is 0 Å². The van der Waals surface area contributed by atoms with Gasteiger partial charge >= 0.3 is 0 Å². The van der Waals surface area contributed by atoms with Gasteiger partial charge in [0, 0.05) is 7.27 Å². The maximum Gasteiger partial charge on any atom is 0.118 e. The van der Waals surface area contributed by atoms with E-state index in [2.05, 4.69) is 19.1 Å². The summed E-state index contributed by atoms with van der Waals surface area (Å²) in [4.78, 5) is 0. The Morgan fingerprint density at radius 1 is 1.29 bits per heavy atom. The van der Waals surface area contributed by atoms with Crippen LogP contribution in [-0.4, -0.2) is 13.3 Å². The van der Waals surface area contributed by atoms with Gasteiger partial charge in [-0.05, 0) is 42.2 Å². The number of benzene rings is 1. The maximum atomic E-state index is 6.30. The van der Waals surface area contributed by atoms with E-state index in [1.165, 1.54) is 18.1 Å². The predicted octanol–water partition coefficient (Wildman–Crippen LogP) is 3.76. The second-order valence-corrected chi connectivity index (χ2v) is 6.05. The lowest BCUT2D eigenvalue weighted by Gasteiger charge is -2.09. The molecule has 1 rings (SSSR count). The van der Waals surface area contributed by atoms with Gasteiger partial charge in [-0.25, -0.2) is 0 Å². The van der Waals surface area contributed by atoms with E-state index in [-0.39, 0.29) is 0 Å². The first-order valence-corrected chi connectivity index (χ1v) is 7.28. The highest BCUT2D eigenvalue weighted by molar-refractivity contribution is 7.89. The van der Waals surface area contributed by atoms with Crippen LogP contribution in [0.25, 0.3) is 0 Å². The summed E-state index contributed by atoms with van der Waals surface area (Å²) < 4.78 is 5.09. The van der Waals surface area contributed by atoms with E-state index in [9.17, 15) is 0 Å². The number of hydrogen-bond donors (Lipinski definition) is 0. The SMILES string of the molecule is CCCCP(Cl)c1ccc(OC)cc1. The van der Waals surface area contributed by atoms with Crippen LogP contribution < -0.4 is 10.0 Å². The molecule has 0 saturated heterocycles. The topological polar surface area (TPSA) is 9.23 Å². The van der Waals surface area contributed by atoms with Crippen molar-refractivity contribution < 1.29 is 4.74 Å². The van der Waals surface area contributed by atoms with E-state index in [1.54, 1.807) is 7.11 Å². The van der Waals surface area contributed by atoms with Crippen LogP contribution in [0.2, 0.25) is 0 Å². The Bertz CT molecular complexity index is 260. The van der Waals surface area contributed by atoms with Crippen LogP contribution in [-0.2, 0) is 0 Å². The summed E-state index contributed by atoms with van der Waals surface area (Å²) in [5.41, 5.74) is 0. The van der Waals surface area contributed by atoms with Gasteiger partial charge in [0.25, 0.3) is 0 Å². The van der Waals surface area contributed by atoms with Gasteiger partial charge in [0.2, 0.25) is 0 Å². The molecule has 0 aliphatic heterocycles. The Balaban J connectivity index is 2.57. The minimum Gasteiger partial charge on any atom is -0.497 e. The fourth-order valence-electron chi connectivity index (χ4n) is 1.17. The monoisotopic (exact) mass is 230 g/mol. The third-order valence-electron chi connectivity index (χ3n) is 2.06. The van der Waals surface area contributed by atoms with Crippen LogP contribution in [0.5, 0.6) is 5.75 Å². The minimum absolute atomic E-state index is 0.482. The summed E-state index contributed by atoms with van der Waals surface area (Å²) in [5.74, 6) is 0.893. The fourth-order valence-corrected chi connectivity index (χ4v) is 3.19. The van der Waals surface area contributed by atoms with Gasteiger partial charge < -0.3 is 4.74 Å². The zero-order valence-corrected chi connectivity index (χ0v) is 10.3. The Hall–Kier alpha value is -0.260. The molecule has 0 aliphatic carbocycles. The van der Waals surface area contributed by atoms with Crippen molar-refractivity contribution in [3.8, 4) is 5.75 Å². The lowest BCUT2D eigenvalue weighted by molar-refractivity contribution is 0.415. The summed E-state index contributed by atoms with van der Waals surface area (Å²) in [7, 11) is 1.19. The molecule has 0 N–H and O–H groups in total. The van der Waals surface area contributed by atoms with Gasteiger partial charge in [0.1, 0.15) is 5.75 Å². The van der Waals surface area contributed by atoms with Gasteiger partial charge in [-0.2, -0.15) is 0 Å². The summed E-state index contributed by atoms with van der Waals surface area (Å²) in [6.45, 7) is 2.19. The van der Waals surface area contributed by atoms with Crippen molar-refractivity contribution in [2.24, 2.45) is 0 Å². The standard InChI is InChI=1S/C11H16ClOP/c1-3-4-9-14(12)11-7-5-10(13-2)6-8-11/h5-8H,3-4,9H2,1-2H3. The van der Waals surface area contributed by atoms with Crippen LogP contribution >= 0.6 is 18.5 Å². The average Bonchev–Trinajstić information content (AvgIpc) is 2.26. The first-order chi connectivity index (χ1) is 6.77. The molecule has 1 aromatic carbocycles. The zero-order valence-electron chi connectivity index (χ0n) is 8.66. The van der Waals surface area contributed by atoms with Crippen LogP contribution in [0.4, 0.5) is 0 Å². The smallest absolute Gasteiger partial charge is 0.118 e. The zero-order chi connectivity index (χ0) is 10.4. The summed E-state index contributed by atoms with van der Waals surface area (Å²) in [6.07, 6.45) is 3.53. The van der Waals surface area contributed by atoms with E-state index in [1.807, 2.05) is 12.1 Å². The second kappa shape index (κ2) is 6.27. The molecule has 0 fully saturated rings. The van der Waals surface area contributed by atoms with E-state index < -0.39 is 7.27 Å². The molecule has 0 spiro atoms. The van der Waals surface area contributed by atoms with Gasteiger partial charge in [0.15, 0.2) is 0 Å². The Morgan fingerprint density at radius 3 is 2.43 bits per heavy atom. The average molecular weight is 231 g/mol. The molecule has 0 radical (unpaired) electrons. The lowest BCUT2D eigenvalue weighted by Crippen LogP contribution is -1.99. The molecule has 0 aliphatic rings. The van der Waals surface area contributed by atoms with Gasteiger partial charge in [-0.1, -0.05) is 24.6 Å². The number of halogens is 1. The molecule has 0 aromatic heterocycles. The van der Waals surface area contributed by atoms with Crippen LogP contribution in [0.15, 0.2) is 24.3 Å². The van der Waals surface area contributed by atoms with E-state index in [4.69, 9.17) is 16.0 Å². The highest BCUT2D eigenvalue weighted by Gasteiger charge is 2.06. The Labute approximate surface area is 92.0 Å². The van der Waals surface area contributed by atoms with Crippen LogP contribution in [0.1, 0.15) is 19.8 Å². The van der Waals surface area contributed by atoms with E-state index >= 15 is 0 Å². The Kier molecular flexibility index (Phi) is 5.29. The first-order valence-electron chi connectivity index (χ1n) is 4.85. The first kappa shape index (κ1) is 11.8. The van der Waals surface area contributed by atoms with Gasteiger partial charge in [-0.15, -0.1) is 0 Å². The highest BCUT2D eigenvalue weighted by Crippen LogP contribution is 2.41. The molecule has 0 saturated carbocycles. The van der Waals surface area contributed by atoms with E-state index in [0.29, 0.717) is 0 Å². The normalized spacial score (nSPS) is 12.5. The fraction of sp³-hybridized carbons (Fsp3) is 0.455. The van der Waals surface area contributed by atoms with Gasteiger partial charge in [-0.3, -0.25) is 0 Å². The molecule has 1 aromatic rings. The van der Waals surface area contributed by atoms with Gasteiger partial charge in [0.05, 0.1) is 7.11 Å². The lowest BCUT2D eigenvalue weighted by atomic mass is 10.3. The minimum atomic E-state index is -0.482. The summed E-state index contributed by atoms with van der Waals surface area (Å²) >= 11 is 6.30. The number of hydrogen-bond acceptors (Lipinski definition) is 1. The number of unbranched alkanes of at least 4 members (excludes halogenated alkanes) is 1. The van der Waals surface area contributed by atoms with Crippen molar-refractivity contribution in [1.29, 1.82) is 0 Å². The van der Waals surface area contributed by atoms with Crippen molar-refractivity contribution >= 4 is 23.8 Å². The number of rotatable bonds is 5. The molecule has 1 unspecified atom stereocenters. The molecule has 78 valence electrons.